The van der Waals surface area contributed by atoms with Crippen LogP contribution in [0.1, 0.15) is 13.8 Å². The van der Waals surface area contributed by atoms with Gasteiger partial charge >= 0.3 is 6.09 Å². The van der Waals surface area contributed by atoms with Crippen LogP contribution in [0.15, 0.2) is 23.1 Å². The van der Waals surface area contributed by atoms with E-state index in [1.54, 1.807) is 6.92 Å². The van der Waals surface area contributed by atoms with Crippen LogP contribution in [0.5, 0.6) is 5.75 Å². The third-order valence-corrected chi connectivity index (χ3v) is 5.78. The van der Waals surface area contributed by atoms with Gasteiger partial charge in [-0.3, -0.25) is 4.79 Å². The van der Waals surface area contributed by atoms with Gasteiger partial charge in [-0.05, 0) is 19.1 Å². The van der Waals surface area contributed by atoms with Gasteiger partial charge in [0, 0.05) is 39.2 Å². The number of piperazine rings is 1. The van der Waals surface area contributed by atoms with Crippen molar-refractivity contribution >= 4 is 27.7 Å². The molecule has 144 valence electrons. The number of carbonyl (C=O) groups is 2. The molecule has 9 nitrogen and oxygen atoms in total. The van der Waals surface area contributed by atoms with Crippen LogP contribution in [0, 0.1) is 0 Å². The maximum Gasteiger partial charge on any atom is 0.409 e. The number of amides is 2. The van der Waals surface area contributed by atoms with Crippen molar-refractivity contribution in [3.63, 3.8) is 0 Å². The van der Waals surface area contributed by atoms with Crippen LogP contribution < -0.4 is 10.1 Å². The Balaban J connectivity index is 2.15. The fraction of sp³-hybridized carbons (Fsp3) is 0.500. The van der Waals surface area contributed by atoms with E-state index in [1.165, 1.54) is 41.4 Å². The van der Waals surface area contributed by atoms with Gasteiger partial charge in [0.1, 0.15) is 5.75 Å². The Morgan fingerprint density at radius 1 is 1.19 bits per heavy atom. The maximum atomic E-state index is 12.8. The lowest BCUT2D eigenvalue weighted by Crippen LogP contribution is -2.50. The minimum absolute atomic E-state index is 0.0630. The van der Waals surface area contributed by atoms with E-state index in [0.29, 0.717) is 5.69 Å². The van der Waals surface area contributed by atoms with E-state index in [2.05, 4.69) is 5.32 Å². The molecular weight excluding hydrogens is 362 g/mol. The summed E-state index contributed by atoms with van der Waals surface area (Å²) < 4.78 is 37.1. The van der Waals surface area contributed by atoms with Crippen LogP contribution in [0.25, 0.3) is 0 Å². The van der Waals surface area contributed by atoms with Gasteiger partial charge in [0.2, 0.25) is 15.9 Å². The minimum Gasteiger partial charge on any atom is -0.495 e. The summed E-state index contributed by atoms with van der Waals surface area (Å²) in [4.78, 5) is 24.5. The number of ether oxygens (including phenoxy) is 2. The molecule has 2 amide bonds. The number of nitrogens with zero attached hydrogens (tertiary/aromatic N) is 2. The smallest absolute Gasteiger partial charge is 0.409 e. The Kier molecular flexibility index (Phi) is 6.43. The Morgan fingerprint density at radius 2 is 1.85 bits per heavy atom. The van der Waals surface area contributed by atoms with Crippen LogP contribution in [0.3, 0.4) is 0 Å². The number of sulfonamides is 1. The average molecular weight is 385 g/mol. The summed E-state index contributed by atoms with van der Waals surface area (Å²) >= 11 is 0. The Morgan fingerprint density at radius 3 is 2.38 bits per heavy atom. The van der Waals surface area contributed by atoms with Gasteiger partial charge in [-0.15, -0.1) is 0 Å². The molecule has 0 spiro atoms. The second kappa shape index (κ2) is 8.37. The van der Waals surface area contributed by atoms with Gasteiger partial charge in [-0.25, -0.2) is 13.2 Å². The van der Waals surface area contributed by atoms with E-state index in [-0.39, 0.29) is 49.3 Å². The molecule has 26 heavy (non-hydrogen) atoms. The molecule has 1 aliphatic heterocycles. The van der Waals surface area contributed by atoms with Crippen molar-refractivity contribution in [2.24, 2.45) is 0 Å². The third kappa shape index (κ3) is 4.44. The van der Waals surface area contributed by atoms with E-state index in [0.717, 1.165) is 0 Å². The molecule has 1 saturated heterocycles. The standard InChI is InChI=1S/C16H23N3O6S/c1-4-25-16(21)18-7-9-19(10-8-18)26(22,23)13-5-6-14(17-12(2)20)15(11-13)24-3/h5-6,11H,4,7-10H2,1-3H3,(H,17,20). The Labute approximate surface area is 152 Å². The molecule has 10 heteroatoms. The molecule has 1 fully saturated rings. The molecule has 0 aliphatic carbocycles. The largest absolute Gasteiger partial charge is 0.495 e. The van der Waals surface area contributed by atoms with Crippen molar-refractivity contribution in [3.05, 3.63) is 18.2 Å². The molecule has 0 unspecified atom stereocenters. The van der Waals surface area contributed by atoms with Crippen molar-refractivity contribution in [2.45, 2.75) is 18.7 Å². The first-order chi connectivity index (χ1) is 12.3. The molecule has 0 bridgehead atoms. The van der Waals surface area contributed by atoms with Crippen LogP contribution in [-0.2, 0) is 19.6 Å². The molecule has 1 N–H and O–H groups in total. The number of carbonyl (C=O) groups excluding carboxylic acids is 2. The highest BCUT2D eigenvalue weighted by Crippen LogP contribution is 2.29. The lowest BCUT2D eigenvalue weighted by atomic mass is 10.3. The number of methoxy groups -OCH3 is 1. The summed E-state index contributed by atoms with van der Waals surface area (Å²) in [5.74, 6) is -0.0274. The van der Waals surface area contributed by atoms with E-state index in [4.69, 9.17) is 9.47 Å². The summed E-state index contributed by atoms with van der Waals surface area (Å²) in [5, 5.41) is 2.58. The van der Waals surface area contributed by atoms with Gasteiger partial charge < -0.3 is 19.7 Å². The molecule has 0 saturated carbocycles. The van der Waals surface area contributed by atoms with Crippen LogP contribution >= 0.6 is 0 Å². The number of anilines is 1. The first kappa shape index (κ1) is 20.0. The summed E-state index contributed by atoms with van der Waals surface area (Å²) in [6.45, 7) is 4.23. The lowest BCUT2D eigenvalue weighted by Gasteiger charge is -2.33. The average Bonchev–Trinajstić information content (AvgIpc) is 2.61. The third-order valence-electron chi connectivity index (χ3n) is 3.89. The van der Waals surface area contributed by atoms with Gasteiger partial charge in [0.25, 0.3) is 0 Å². The van der Waals surface area contributed by atoms with E-state index in [1.807, 2.05) is 0 Å². The fourth-order valence-corrected chi connectivity index (χ4v) is 4.04. The number of nitrogens with one attached hydrogen (secondary N) is 1. The summed E-state index contributed by atoms with van der Waals surface area (Å²) in [7, 11) is -2.34. The van der Waals surface area contributed by atoms with E-state index >= 15 is 0 Å². The van der Waals surface area contributed by atoms with Crippen LogP contribution in [-0.4, -0.2) is 69.5 Å². The topological polar surface area (TPSA) is 105 Å². The quantitative estimate of drug-likeness (QED) is 0.814. The molecule has 1 aromatic carbocycles. The SMILES string of the molecule is CCOC(=O)N1CCN(S(=O)(=O)c2ccc(NC(C)=O)c(OC)c2)CC1. The van der Waals surface area contributed by atoms with Crippen molar-refractivity contribution in [1.82, 2.24) is 9.21 Å². The van der Waals surface area contributed by atoms with Crippen molar-refractivity contribution in [1.29, 1.82) is 0 Å². The number of hydrogen-bond donors (Lipinski definition) is 1. The molecule has 0 radical (unpaired) electrons. The van der Waals surface area contributed by atoms with Gasteiger partial charge in [0.05, 0.1) is 24.3 Å². The minimum atomic E-state index is -3.74. The molecular formula is C16H23N3O6S. The van der Waals surface area contributed by atoms with Crippen molar-refractivity contribution in [2.75, 3.05) is 45.2 Å². The van der Waals surface area contributed by atoms with E-state index in [9.17, 15) is 18.0 Å². The molecule has 1 aromatic rings. The highest BCUT2D eigenvalue weighted by molar-refractivity contribution is 7.89. The normalized spacial score (nSPS) is 15.4. The molecule has 0 atom stereocenters. The second-order valence-electron chi connectivity index (χ2n) is 5.63. The predicted molar refractivity (Wildman–Crippen MR) is 94.7 cm³/mol. The second-order valence-corrected chi connectivity index (χ2v) is 7.57. The highest BCUT2D eigenvalue weighted by atomic mass is 32.2. The number of rotatable bonds is 5. The van der Waals surface area contributed by atoms with Crippen molar-refractivity contribution in [3.8, 4) is 5.75 Å². The monoisotopic (exact) mass is 385 g/mol. The lowest BCUT2D eigenvalue weighted by molar-refractivity contribution is -0.114. The van der Waals surface area contributed by atoms with Gasteiger partial charge in [-0.2, -0.15) is 4.31 Å². The molecule has 1 aliphatic rings. The van der Waals surface area contributed by atoms with Crippen LogP contribution in [0.4, 0.5) is 10.5 Å². The highest BCUT2D eigenvalue weighted by Gasteiger charge is 2.31. The van der Waals surface area contributed by atoms with Crippen molar-refractivity contribution < 1.29 is 27.5 Å². The fourth-order valence-electron chi connectivity index (χ4n) is 2.60. The summed E-state index contributed by atoms with van der Waals surface area (Å²) in [5.41, 5.74) is 0.395. The maximum absolute atomic E-state index is 12.8. The zero-order valence-corrected chi connectivity index (χ0v) is 15.8. The predicted octanol–water partition coefficient (Wildman–Crippen LogP) is 1.12. The first-order valence-corrected chi connectivity index (χ1v) is 9.61. The summed E-state index contributed by atoms with van der Waals surface area (Å²) in [6, 6.07) is 4.28. The van der Waals surface area contributed by atoms with Gasteiger partial charge in [0.15, 0.2) is 0 Å². The zero-order valence-electron chi connectivity index (χ0n) is 15.0. The number of hydrogen-bond acceptors (Lipinski definition) is 6. The van der Waals surface area contributed by atoms with Crippen LogP contribution in [0.2, 0.25) is 0 Å². The molecule has 0 aromatic heterocycles. The molecule has 1 heterocycles. The summed E-state index contributed by atoms with van der Waals surface area (Å²) in [6.07, 6.45) is -0.439. The Bertz CT molecular complexity index is 772. The number of benzene rings is 1. The van der Waals surface area contributed by atoms with E-state index < -0.39 is 16.1 Å². The zero-order chi connectivity index (χ0) is 19.3. The van der Waals surface area contributed by atoms with Gasteiger partial charge in [-0.1, -0.05) is 0 Å². The Hall–Kier alpha value is -2.33. The molecule has 2 rings (SSSR count). The first-order valence-electron chi connectivity index (χ1n) is 8.17.